The lowest BCUT2D eigenvalue weighted by Gasteiger charge is -2.05. The predicted molar refractivity (Wildman–Crippen MR) is 86.0 cm³/mol. The standard InChI is InChI=1S/C16H24N2S/c1-13(2)9-5-3-4-8-12-17-16-14-10-6-7-11-15(14)18-19-16/h6-7,10-11,13,17H,3-5,8-9,12H2,1-2H3. The average molecular weight is 276 g/mol. The summed E-state index contributed by atoms with van der Waals surface area (Å²) in [4.78, 5) is 0. The van der Waals surface area contributed by atoms with Crippen molar-refractivity contribution in [2.75, 3.05) is 11.9 Å². The van der Waals surface area contributed by atoms with Gasteiger partial charge in [-0.05, 0) is 36.0 Å². The van der Waals surface area contributed by atoms with Gasteiger partial charge >= 0.3 is 0 Å². The van der Waals surface area contributed by atoms with E-state index in [0.29, 0.717) is 0 Å². The van der Waals surface area contributed by atoms with E-state index in [2.05, 4.69) is 41.7 Å². The lowest BCUT2D eigenvalue weighted by atomic mass is 10.0. The molecule has 2 nitrogen and oxygen atoms in total. The molecule has 3 heteroatoms. The summed E-state index contributed by atoms with van der Waals surface area (Å²) in [5.74, 6) is 0.849. The molecule has 1 heterocycles. The Bertz CT molecular complexity index is 490. The van der Waals surface area contributed by atoms with E-state index in [4.69, 9.17) is 0 Å². The molecule has 2 rings (SSSR count). The molecule has 1 aromatic carbocycles. The number of fused-ring (bicyclic) bond motifs is 1. The third-order valence-corrected chi connectivity index (χ3v) is 4.21. The Morgan fingerprint density at radius 1 is 1.11 bits per heavy atom. The van der Waals surface area contributed by atoms with Crippen LogP contribution in [0.3, 0.4) is 0 Å². The highest BCUT2D eigenvalue weighted by Gasteiger charge is 2.03. The first kappa shape index (κ1) is 14.3. The zero-order valence-electron chi connectivity index (χ0n) is 12.0. The van der Waals surface area contributed by atoms with Crippen molar-refractivity contribution in [2.45, 2.75) is 46.0 Å². The molecule has 0 aliphatic heterocycles. The number of unbranched alkanes of at least 4 members (excludes halogenated alkanes) is 3. The molecular formula is C16H24N2S. The van der Waals surface area contributed by atoms with E-state index >= 15 is 0 Å². The molecule has 1 N–H and O–H groups in total. The molecule has 0 atom stereocenters. The summed E-state index contributed by atoms with van der Waals surface area (Å²) >= 11 is 1.57. The third-order valence-electron chi connectivity index (χ3n) is 3.38. The quantitative estimate of drug-likeness (QED) is 0.660. The maximum atomic E-state index is 4.45. The van der Waals surface area contributed by atoms with Crippen LogP contribution in [0.5, 0.6) is 0 Å². The van der Waals surface area contributed by atoms with Crippen LogP contribution < -0.4 is 5.32 Å². The van der Waals surface area contributed by atoms with Gasteiger partial charge in [-0.25, -0.2) is 0 Å². The fourth-order valence-corrected chi connectivity index (χ4v) is 3.04. The van der Waals surface area contributed by atoms with Crippen LogP contribution in [-0.4, -0.2) is 10.9 Å². The number of benzene rings is 1. The second kappa shape index (κ2) is 7.49. The van der Waals surface area contributed by atoms with Gasteiger partial charge in [0.1, 0.15) is 5.00 Å². The molecule has 0 aliphatic rings. The molecule has 19 heavy (non-hydrogen) atoms. The van der Waals surface area contributed by atoms with E-state index < -0.39 is 0 Å². The fourth-order valence-electron chi connectivity index (χ4n) is 2.25. The van der Waals surface area contributed by atoms with Crippen LogP contribution in [-0.2, 0) is 0 Å². The molecule has 0 spiro atoms. The molecule has 0 saturated heterocycles. The molecule has 1 aromatic heterocycles. The second-order valence-corrected chi connectivity index (χ2v) is 6.33. The van der Waals surface area contributed by atoms with Crippen LogP contribution in [0.15, 0.2) is 24.3 Å². The minimum Gasteiger partial charge on any atom is -0.375 e. The minimum atomic E-state index is 0.849. The Labute approximate surface area is 120 Å². The van der Waals surface area contributed by atoms with Gasteiger partial charge in [0.25, 0.3) is 0 Å². The number of nitrogens with zero attached hydrogens (tertiary/aromatic N) is 1. The van der Waals surface area contributed by atoms with E-state index in [1.165, 1.54) is 42.5 Å². The first-order valence-electron chi connectivity index (χ1n) is 7.35. The van der Waals surface area contributed by atoms with E-state index in [1.54, 1.807) is 11.5 Å². The van der Waals surface area contributed by atoms with Crippen LogP contribution >= 0.6 is 11.5 Å². The van der Waals surface area contributed by atoms with Gasteiger partial charge in [-0.2, -0.15) is 4.37 Å². The zero-order valence-corrected chi connectivity index (χ0v) is 12.8. The molecular weight excluding hydrogens is 252 g/mol. The number of anilines is 1. The number of rotatable bonds is 8. The summed E-state index contributed by atoms with van der Waals surface area (Å²) in [6.45, 7) is 5.67. The number of hydrogen-bond acceptors (Lipinski definition) is 3. The Morgan fingerprint density at radius 3 is 2.74 bits per heavy atom. The van der Waals surface area contributed by atoms with Crippen molar-refractivity contribution in [3.8, 4) is 0 Å². The number of aromatic nitrogens is 1. The molecule has 0 fully saturated rings. The van der Waals surface area contributed by atoms with Crippen molar-refractivity contribution >= 4 is 27.4 Å². The minimum absolute atomic E-state index is 0.849. The van der Waals surface area contributed by atoms with E-state index in [0.717, 1.165) is 18.0 Å². The van der Waals surface area contributed by atoms with Gasteiger partial charge < -0.3 is 5.32 Å². The van der Waals surface area contributed by atoms with E-state index in [1.807, 2.05) is 6.07 Å². The molecule has 0 radical (unpaired) electrons. The van der Waals surface area contributed by atoms with Crippen LogP contribution in [0.4, 0.5) is 5.00 Å². The fraction of sp³-hybridized carbons (Fsp3) is 0.562. The van der Waals surface area contributed by atoms with Gasteiger partial charge in [0.15, 0.2) is 0 Å². The van der Waals surface area contributed by atoms with Gasteiger partial charge in [-0.15, -0.1) is 0 Å². The van der Waals surface area contributed by atoms with E-state index in [9.17, 15) is 0 Å². The lowest BCUT2D eigenvalue weighted by Crippen LogP contribution is -2.00. The SMILES string of the molecule is CC(C)CCCCCCNc1snc2ccccc12. The lowest BCUT2D eigenvalue weighted by molar-refractivity contribution is 0.523. The topological polar surface area (TPSA) is 24.9 Å². The molecule has 2 aromatic rings. The summed E-state index contributed by atoms with van der Waals surface area (Å²) in [7, 11) is 0. The van der Waals surface area contributed by atoms with Gasteiger partial charge in [-0.3, -0.25) is 0 Å². The normalized spacial score (nSPS) is 11.3. The van der Waals surface area contributed by atoms with Gasteiger partial charge in [0.2, 0.25) is 0 Å². The highest BCUT2D eigenvalue weighted by Crippen LogP contribution is 2.27. The highest BCUT2D eigenvalue weighted by atomic mass is 32.1. The van der Waals surface area contributed by atoms with Crippen molar-refractivity contribution in [1.29, 1.82) is 0 Å². The largest absolute Gasteiger partial charge is 0.375 e. The monoisotopic (exact) mass is 276 g/mol. The van der Waals surface area contributed by atoms with Gasteiger partial charge in [-0.1, -0.05) is 51.7 Å². The summed E-state index contributed by atoms with van der Waals surface area (Å²) in [6.07, 6.45) is 6.69. The van der Waals surface area contributed by atoms with Crippen molar-refractivity contribution in [3.05, 3.63) is 24.3 Å². The predicted octanol–water partition coefficient (Wildman–Crippen LogP) is 5.31. The second-order valence-electron chi connectivity index (χ2n) is 5.55. The summed E-state index contributed by atoms with van der Waals surface area (Å²) in [5.41, 5.74) is 1.10. The highest BCUT2D eigenvalue weighted by molar-refractivity contribution is 7.11. The van der Waals surface area contributed by atoms with Crippen molar-refractivity contribution in [3.63, 3.8) is 0 Å². The zero-order chi connectivity index (χ0) is 13.5. The smallest absolute Gasteiger partial charge is 0.117 e. The van der Waals surface area contributed by atoms with Gasteiger partial charge in [0.05, 0.1) is 5.52 Å². The summed E-state index contributed by atoms with van der Waals surface area (Å²) in [5, 5.41) is 6.00. The van der Waals surface area contributed by atoms with Crippen LogP contribution in [0.1, 0.15) is 46.0 Å². The summed E-state index contributed by atoms with van der Waals surface area (Å²) < 4.78 is 4.45. The van der Waals surface area contributed by atoms with Crippen LogP contribution in [0.2, 0.25) is 0 Å². The van der Waals surface area contributed by atoms with Crippen LogP contribution in [0.25, 0.3) is 10.9 Å². The molecule has 0 aliphatic carbocycles. The molecule has 0 unspecified atom stereocenters. The number of nitrogens with one attached hydrogen (secondary N) is 1. The maximum Gasteiger partial charge on any atom is 0.117 e. The van der Waals surface area contributed by atoms with Crippen molar-refractivity contribution in [2.24, 2.45) is 5.92 Å². The van der Waals surface area contributed by atoms with Crippen molar-refractivity contribution in [1.82, 2.24) is 4.37 Å². The molecule has 0 bridgehead atoms. The molecule has 104 valence electrons. The Morgan fingerprint density at radius 2 is 1.89 bits per heavy atom. The molecule has 0 amide bonds. The summed E-state index contributed by atoms with van der Waals surface area (Å²) in [6, 6.07) is 8.33. The maximum absolute atomic E-state index is 4.45. The Hall–Kier alpha value is -1.09. The Balaban J connectivity index is 1.66. The Kier molecular flexibility index (Phi) is 5.64. The molecule has 0 saturated carbocycles. The first-order valence-corrected chi connectivity index (χ1v) is 8.13. The average Bonchev–Trinajstić information content (AvgIpc) is 2.81. The van der Waals surface area contributed by atoms with E-state index in [-0.39, 0.29) is 0 Å². The number of hydrogen-bond donors (Lipinski definition) is 1. The first-order chi connectivity index (χ1) is 9.27. The van der Waals surface area contributed by atoms with Crippen molar-refractivity contribution < 1.29 is 0 Å². The van der Waals surface area contributed by atoms with Crippen LogP contribution in [0, 0.1) is 5.92 Å². The van der Waals surface area contributed by atoms with Gasteiger partial charge in [0, 0.05) is 11.9 Å². The third kappa shape index (κ3) is 4.50.